The number of rotatable bonds is 6. The van der Waals surface area contributed by atoms with Gasteiger partial charge in [0.05, 0.1) is 17.3 Å². The number of nitrogens with one attached hydrogen (secondary N) is 1. The van der Waals surface area contributed by atoms with Crippen LogP contribution in [-0.2, 0) is 16.9 Å². The van der Waals surface area contributed by atoms with Crippen molar-refractivity contribution in [2.75, 3.05) is 20.6 Å². The number of carbonyl (C=O) groups excluding carboxylic acids is 1. The van der Waals surface area contributed by atoms with Gasteiger partial charge in [-0.2, -0.15) is 4.59 Å². The minimum absolute atomic E-state index is 0.0258. The van der Waals surface area contributed by atoms with Gasteiger partial charge < -0.3 is 10.2 Å². The maximum absolute atomic E-state index is 13.1. The van der Waals surface area contributed by atoms with Crippen LogP contribution in [0.3, 0.4) is 0 Å². The molecular formula is C23H33N4O+. The Labute approximate surface area is 169 Å². The summed E-state index contributed by atoms with van der Waals surface area (Å²) in [7, 11) is 4.14. The van der Waals surface area contributed by atoms with Crippen LogP contribution in [0.5, 0.6) is 0 Å². The summed E-state index contributed by atoms with van der Waals surface area (Å²) in [5.41, 5.74) is 4.04. The first kappa shape index (κ1) is 20.5. The van der Waals surface area contributed by atoms with Gasteiger partial charge >= 0.3 is 0 Å². The van der Waals surface area contributed by atoms with Crippen molar-refractivity contribution in [1.29, 1.82) is 0 Å². The van der Waals surface area contributed by atoms with Crippen LogP contribution in [0.25, 0.3) is 0 Å². The molecule has 2 aliphatic rings. The normalized spacial score (nSPS) is 27.2. The second kappa shape index (κ2) is 7.64. The Kier molecular flexibility index (Phi) is 5.60. The van der Waals surface area contributed by atoms with Crippen molar-refractivity contribution < 1.29 is 9.39 Å². The number of allylic oxidation sites excluding steroid dienone is 1. The summed E-state index contributed by atoms with van der Waals surface area (Å²) in [5.74, 6) is 0.0258. The molecule has 1 amide bonds. The fourth-order valence-electron chi connectivity index (χ4n) is 4.18. The topological polar surface area (TPSA) is 44.7 Å². The Morgan fingerprint density at radius 2 is 2.07 bits per heavy atom. The van der Waals surface area contributed by atoms with Crippen molar-refractivity contribution in [1.82, 2.24) is 10.2 Å². The number of carbonyl (C=O) groups is 1. The summed E-state index contributed by atoms with van der Waals surface area (Å²) in [4.78, 5) is 15.3. The second-order valence-electron chi connectivity index (χ2n) is 8.90. The number of nitrogens with zero attached hydrogens (tertiary/aromatic N) is 3. The standard InChI is InChI=1S/C23H32N4O/c1-17(2)27(12-8-11-24-27)16-21-18(3)14-23(4,25-22(21)28)20-10-7-9-19(13-20)15-26(5)6/h7-13,17H,14-16H2,1-6H3/p+1. The molecule has 2 atom stereocenters. The van der Waals surface area contributed by atoms with E-state index in [-0.39, 0.29) is 17.5 Å². The zero-order valence-corrected chi connectivity index (χ0v) is 18.0. The van der Waals surface area contributed by atoms with Crippen molar-refractivity contribution in [2.24, 2.45) is 5.10 Å². The van der Waals surface area contributed by atoms with E-state index < -0.39 is 0 Å². The SMILES string of the molecule is CC1=C(C[N+]2(C(C)C)C=CC=N2)C(=O)NC(C)(c2cccc(CN(C)C)c2)C1. The fourth-order valence-corrected chi connectivity index (χ4v) is 4.18. The van der Waals surface area contributed by atoms with E-state index in [9.17, 15) is 4.79 Å². The van der Waals surface area contributed by atoms with E-state index in [0.717, 1.165) is 29.7 Å². The molecule has 5 heteroatoms. The summed E-state index contributed by atoms with van der Waals surface area (Å²) in [6.07, 6.45) is 6.69. The summed E-state index contributed by atoms with van der Waals surface area (Å²) in [6, 6.07) is 8.84. The van der Waals surface area contributed by atoms with E-state index >= 15 is 0 Å². The van der Waals surface area contributed by atoms with Crippen LogP contribution in [-0.4, -0.2) is 48.3 Å². The maximum atomic E-state index is 13.1. The number of benzene rings is 1. The van der Waals surface area contributed by atoms with Gasteiger partial charge in [0.25, 0.3) is 5.91 Å². The lowest BCUT2D eigenvalue weighted by atomic mass is 9.80. The molecule has 0 saturated carbocycles. The molecule has 0 spiro atoms. The Hall–Kier alpha value is -2.24. The third-order valence-corrected chi connectivity index (χ3v) is 5.88. The molecule has 0 aromatic heterocycles. The minimum Gasteiger partial charge on any atom is -0.343 e. The lowest BCUT2D eigenvalue weighted by Crippen LogP contribution is -2.52. The monoisotopic (exact) mass is 381 g/mol. The van der Waals surface area contributed by atoms with Gasteiger partial charge in [-0.3, -0.25) is 4.79 Å². The number of amides is 1. The molecule has 2 aliphatic heterocycles. The van der Waals surface area contributed by atoms with Gasteiger partial charge in [-0.05, 0) is 59.3 Å². The molecule has 28 heavy (non-hydrogen) atoms. The smallest absolute Gasteiger partial charge is 0.253 e. The Morgan fingerprint density at radius 1 is 1.32 bits per heavy atom. The van der Waals surface area contributed by atoms with Gasteiger partial charge in [0.15, 0.2) is 0 Å². The molecule has 2 heterocycles. The van der Waals surface area contributed by atoms with E-state index in [1.807, 2.05) is 12.3 Å². The highest BCUT2D eigenvalue weighted by Crippen LogP contribution is 2.35. The quantitative estimate of drug-likeness (QED) is 0.766. The van der Waals surface area contributed by atoms with Crippen LogP contribution in [0.2, 0.25) is 0 Å². The highest BCUT2D eigenvalue weighted by molar-refractivity contribution is 5.96. The second-order valence-corrected chi connectivity index (χ2v) is 8.90. The molecule has 0 bridgehead atoms. The van der Waals surface area contributed by atoms with Gasteiger partial charge in [-0.1, -0.05) is 34.9 Å². The third-order valence-electron chi connectivity index (χ3n) is 5.88. The molecule has 5 nitrogen and oxygen atoms in total. The Morgan fingerprint density at radius 3 is 2.64 bits per heavy atom. The Balaban J connectivity index is 1.88. The van der Waals surface area contributed by atoms with Crippen molar-refractivity contribution in [3.63, 3.8) is 0 Å². The van der Waals surface area contributed by atoms with E-state index in [4.69, 9.17) is 0 Å². The van der Waals surface area contributed by atoms with E-state index in [0.29, 0.717) is 11.1 Å². The molecule has 0 radical (unpaired) electrons. The first-order chi connectivity index (χ1) is 13.2. The van der Waals surface area contributed by atoms with Crippen LogP contribution < -0.4 is 5.32 Å². The molecule has 1 N–H and O–H groups in total. The first-order valence-electron chi connectivity index (χ1n) is 10.0. The molecule has 2 unspecified atom stereocenters. The number of hydrogen-bond donors (Lipinski definition) is 1. The summed E-state index contributed by atoms with van der Waals surface area (Å²) in [6.45, 7) is 9.99. The lowest BCUT2D eigenvalue weighted by Gasteiger charge is -2.39. The summed E-state index contributed by atoms with van der Waals surface area (Å²) < 4.78 is 0.453. The lowest BCUT2D eigenvalue weighted by molar-refractivity contribution is -0.899. The van der Waals surface area contributed by atoms with E-state index in [1.165, 1.54) is 5.56 Å². The highest BCUT2D eigenvalue weighted by Gasteiger charge is 2.41. The molecule has 150 valence electrons. The van der Waals surface area contributed by atoms with Crippen molar-refractivity contribution in [3.8, 4) is 0 Å². The molecule has 3 rings (SSSR count). The predicted molar refractivity (Wildman–Crippen MR) is 115 cm³/mol. The van der Waals surface area contributed by atoms with Gasteiger partial charge in [0.2, 0.25) is 0 Å². The van der Waals surface area contributed by atoms with Crippen molar-refractivity contribution in [2.45, 2.75) is 52.2 Å². The minimum atomic E-state index is -0.389. The van der Waals surface area contributed by atoms with E-state index in [1.54, 1.807) is 0 Å². The summed E-state index contributed by atoms with van der Waals surface area (Å²) >= 11 is 0. The van der Waals surface area contributed by atoms with Crippen molar-refractivity contribution >= 4 is 12.1 Å². The fraction of sp³-hybridized carbons (Fsp3) is 0.478. The summed E-state index contributed by atoms with van der Waals surface area (Å²) in [5, 5.41) is 7.95. The van der Waals surface area contributed by atoms with E-state index in [2.05, 4.69) is 87.6 Å². The van der Waals surface area contributed by atoms with Crippen LogP contribution in [0.4, 0.5) is 0 Å². The largest absolute Gasteiger partial charge is 0.343 e. The first-order valence-corrected chi connectivity index (χ1v) is 10.0. The third kappa shape index (κ3) is 3.96. The van der Waals surface area contributed by atoms with Gasteiger partial charge in [0.1, 0.15) is 18.8 Å². The van der Waals surface area contributed by atoms with Crippen LogP contribution in [0.1, 0.15) is 45.2 Å². The molecule has 0 aliphatic carbocycles. The highest BCUT2D eigenvalue weighted by atomic mass is 16.2. The van der Waals surface area contributed by atoms with Gasteiger partial charge in [-0.15, -0.1) is 0 Å². The number of hydrogen-bond acceptors (Lipinski definition) is 3. The molecule has 0 fully saturated rings. The predicted octanol–water partition coefficient (Wildman–Crippen LogP) is 3.54. The Bertz CT molecular complexity index is 838. The molecule has 0 saturated heterocycles. The average Bonchev–Trinajstić information content (AvgIpc) is 3.08. The average molecular weight is 382 g/mol. The van der Waals surface area contributed by atoms with Gasteiger partial charge in [-0.25, -0.2) is 0 Å². The van der Waals surface area contributed by atoms with Crippen LogP contribution >= 0.6 is 0 Å². The molecule has 1 aromatic carbocycles. The molecule has 1 aromatic rings. The zero-order valence-electron chi connectivity index (χ0n) is 18.0. The number of quaternary nitrogens is 1. The van der Waals surface area contributed by atoms with Crippen LogP contribution in [0.15, 0.2) is 52.8 Å². The zero-order chi connectivity index (χ0) is 20.5. The maximum Gasteiger partial charge on any atom is 0.253 e. The van der Waals surface area contributed by atoms with Crippen molar-refractivity contribution in [3.05, 3.63) is 58.8 Å². The molecular weight excluding hydrogens is 348 g/mol. The van der Waals surface area contributed by atoms with Crippen LogP contribution in [0, 0.1) is 0 Å². The van der Waals surface area contributed by atoms with Gasteiger partial charge in [0, 0.05) is 12.6 Å².